The van der Waals surface area contributed by atoms with Crippen LogP contribution in [0, 0.1) is 11.3 Å². The highest BCUT2D eigenvalue weighted by atomic mass is 16.5. The highest BCUT2D eigenvalue weighted by Gasteiger charge is 2.30. The van der Waals surface area contributed by atoms with Gasteiger partial charge in [0.25, 0.3) is 0 Å². The molecule has 5 nitrogen and oxygen atoms in total. The molecule has 0 aliphatic carbocycles. The van der Waals surface area contributed by atoms with E-state index in [4.69, 9.17) is 15.1 Å². The maximum Gasteiger partial charge on any atom is 0.328 e. The number of hydrogen-bond donors (Lipinski definition) is 1. The number of morpholine rings is 1. The molecule has 1 saturated heterocycles. The van der Waals surface area contributed by atoms with Crippen molar-refractivity contribution in [2.24, 2.45) is 0 Å². The fourth-order valence-corrected chi connectivity index (χ4v) is 1.92. The number of hydrogen-bond acceptors (Lipinski definition) is 4. The molecule has 0 amide bonds. The Hall–Kier alpha value is -2.06. The van der Waals surface area contributed by atoms with Crippen molar-refractivity contribution in [3.8, 4) is 6.07 Å². The first-order valence-corrected chi connectivity index (χ1v) is 5.30. The zero-order valence-electron chi connectivity index (χ0n) is 9.17. The number of aliphatic carboxylic acids is 1. The van der Waals surface area contributed by atoms with Gasteiger partial charge < -0.3 is 14.7 Å². The van der Waals surface area contributed by atoms with Gasteiger partial charge in [-0.15, -0.1) is 0 Å². The Bertz CT molecular complexity index is 467. The summed E-state index contributed by atoms with van der Waals surface area (Å²) >= 11 is 0. The van der Waals surface area contributed by atoms with Crippen LogP contribution in [0.1, 0.15) is 5.56 Å². The van der Waals surface area contributed by atoms with E-state index in [0.29, 0.717) is 24.4 Å². The first-order chi connectivity index (χ1) is 8.24. The van der Waals surface area contributed by atoms with Gasteiger partial charge >= 0.3 is 5.97 Å². The third kappa shape index (κ3) is 2.22. The summed E-state index contributed by atoms with van der Waals surface area (Å²) in [7, 11) is 0. The van der Waals surface area contributed by atoms with Crippen LogP contribution in [0.2, 0.25) is 0 Å². The summed E-state index contributed by atoms with van der Waals surface area (Å²) in [5.74, 6) is -0.933. The maximum absolute atomic E-state index is 11.1. The lowest BCUT2D eigenvalue weighted by molar-refractivity contribution is -0.141. The van der Waals surface area contributed by atoms with E-state index in [1.165, 1.54) is 0 Å². The van der Waals surface area contributed by atoms with Gasteiger partial charge in [0.15, 0.2) is 6.04 Å². The van der Waals surface area contributed by atoms with Gasteiger partial charge in [-0.2, -0.15) is 5.26 Å². The monoisotopic (exact) mass is 232 g/mol. The van der Waals surface area contributed by atoms with Crippen LogP contribution in [-0.2, 0) is 9.53 Å². The smallest absolute Gasteiger partial charge is 0.328 e. The molecule has 17 heavy (non-hydrogen) atoms. The Kier molecular flexibility index (Phi) is 3.26. The minimum Gasteiger partial charge on any atom is -0.480 e. The molecule has 0 bridgehead atoms. The number of ether oxygens (including phenoxy) is 1. The predicted molar refractivity (Wildman–Crippen MR) is 60.7 cm³/mol. The Balaban J connectivity index is 2.36. The van der Waals surface area contributed by atoms with Gasteiger partial charge in [-0.05, 0) is 12.1 Å². The van der Waals surface area contributed by atoms with Crippen LogP contribution >= 0.6 is 0 Å². The molecule has 0 saturated carbocycles. The standard InChI is InChI=1S/C12H12N2O3/c13-7-9-3-1-2-4-10(9)14-5-6-17-8-11(14)12(15)16/h1-4,11H,5-6,8H2,(H,15,16). The average molecular weight is 232 g/mol. The zero-order valence-corrected chi connectivity index (χ0v) is 9.17. The number of benzene rings is 1. The second-order valence-electron chi connectivity index (χ2n) is 3.75. The molecule has 1 heterocycles. The van der Waals surface area contributed by atoms with E-state index in [1.807, 2.05) is 0 Å². The van der Waals surface area contributed by atoms with Crippen molar-refractivity contribution >= 4 is 11.7 Å². The summed E-state index contributed by atoms with van der Waals surface area (Å²) in [6, 6.07) is 8.36. The van der Waals surface area contributed by atoms with Gasteiger partial charge in [0, 0.05) is 6.54 Å². The van der Waals surface area contributed by atoms with E-state index in [0.717, 1.165) is 0 Å². The summed E-state index contributed by atoms with van der Waals surface area (Å²) in [5.41, 5.74) is 1.14. The SMILES string of the molecule is N#Cc1ccccc1N1CCOCC1C(=O)O. The summed E-state index contributed by atoms with van der Waals surface area (Å²) in [6.07, 6.45) is 0. The van der Waals surface area contributed by atoms with Gasteiger partial charge in [0.1, 0.15) is 6.07 Å². The molecule has 1 N–H and O–H groups in total. The Morgan fingerprint density at radius 3 is 3.00 bits per heavy atom. The zero-order chi connectivity index (χ0) is 12.3. The van der Waals surface area contributed by atoms with Crippen LogP contribution in [0.15, 0.2) is 24.3 Å². The average Bonchev–Trinajstić information content (AvgIpc) is 2.38. The molecule has 5 heteroatoms. The number of carbonyl (C=O) groups is 1. The maximum atomic E-state index is 11.1. The third-order valence-corrected chi connectivity index (χ3v) is 2.75. The lowest BCUT2D eigenvalue weighted by atomic mass is 10.1. The number of carboxylic acids is 1. The van der Waals surface area contributed by atoms with E-state index in [-0.39, 0.29) is 6.61 Å². The second kappa shape index (κ2) is 4.85. The highest BCUT2D eigenvalue weighted by molar-refractivity contribution is 5.79. The highest BCUT2D eigenvalue weighted by Crippen LogP contribution is 2.23. The van der Waals surface area contributed by atoms with Crippen molar-refractivity contribution in [3.05, 3.63) is 29.8 Å². The van der Waals surface area contributed by atoms with Crippen LogP contribution in [0.5, 0.6) is 0 Å². The largest absolute Gasteiger partial charge is 0.480 e. The quantitative estimate of drug-likeness (QED) is 0.818. The van der Waals surface area contributed by atoms with Gasteiger partial charge in [-0.1, -0.05) is 12.1 Å². The molecule has 88 valence electrons. The van der Waals surface area contributed by atoms with E-state index in [9.17, 15) is 4.79 Å². The summed E-state index contributed by atoms with van der Waals surface area (Å²) < 4.78 is 5.16. The second-order valence-corrected chi connectivity index (χ2v) is 3.75. The van der Waals surface area contributed by atoms with Crippen molar-refractivity contribution in [3.63, 3.8) is 0 Å². The molecule has 0 radical (unpaired) electrons. The number of rotatable bonds is 2. The Labute approximate surface area is 98.8 Å². The van der Waals surface area contributed by atoms with Crippen molar-refractivity contribution in [2.45, 2.75) is 6.04 Å². The van der Waals surface area contributed by atoms with E-state index in [2.05, 4.69) is 6.07 Å². The van der Waals surface area contributed by atoms with Crippen LogP contribution in [0.3, 0.4) is 0 Å². The molecule has 1 aliphatic heterocycles. The molecular weight excluding hydrogens is 220 g/mol. The van der Waals surface area contributed by atoms with Gasteiger partial charge in [0.2, 0.25) is 0 Å². The number of anilines is 1. The molecule has 1 fully saturated rings. The minimum atomic E-state index is -0.933. The first-order valence-electron chi connectivity index (χ1n) is 5.30. The number of nitrogens with zero attached hydrogens (tertiary/aromatic N) is 2. The van der Waals surface area contributed by atoms with Crippen LogP contribution in [-0.4, -0.2) is 36.9 Å². The Morgan fingerprint density at radius 2 is 2.29 bits per heavy atom. The van der Waals surface area contributed by atoms with Gasteiger partial charge in [-0.25, -0.2) is 4.79 Å². The van der Waals surface area contributed by atoms with Crippen LogP contribution < -0.4 is 4.90 Å². The topological polar surface area (TPSA) is 73.6 Å². The minimum absolute atomic E-state index is 0.148. The summed E-state index contributed by atoms with van der Waals surface area (Å²) in [6.45, 7) is 1.11. The third-order valence-electron chi connectivity index (χ3n) is 2.75. The van der Waals surface area contributed by atoms with Gasteiger partial charge in [0.05, 0.1) is 24.5 Å². The molecule has 2 rings (SSSR count). The molecule has 1 atom stereocenters. The molecule has 1 unspecified atom stereocenters. The fraction of sp³-hybridized carbons (Fsp3) is 0.333. The number of nitriles is 1. The first kappa shape index (κ1) is 11.4. The molecule has 1 aliphatic rings. The number of para-hydroxylation sites is 1. The van der Waals surface area contributed by atoms with Gasteiger partial charge in [-0.3, -0.25) is 0 Å². The lowest BCUT2D eigenvalue weighted by Crippen LogP contribution is -2.50. The van der Waals surface area contributed by atoms with Crippen molar-refractivity contribution in [1.82, 2.24) is 0 Å². The molecular formula is C12H12N2O3. The Morgan fingerprint density at radius 1 is 1.53 bits per heavy atom. The number of carboxylic acid groups (broad SMARTS) is 1. The lowest BCUT2D eigenvalue weighted by Gasteiger charge is -2.35. The normalized spacial score (nSPS) is 19.7. The molecule has 1 aromatic carbocycles. The molecule has 0 aromatic heterocycles. The van der Waals surface area contributed by atoms with E-state index < -0.39 is 12.0 Å². The van der Waals surface area contributed by atoms with Crippen molar-refractivity contribution < 1.29 is 14.6 Å². The van der Waals surface area contributed by atoms with E-state index in [1.54, 1.807) is 29.2 Å². The predicted octanol–water partition coefficient (Wildman–Crippen LogP) is 0.848. The summed E-state index contributed by atoms with van der Waals surface area (Å²) in [4.78, 5) is 12.8. The molecule has 1 aromatic rings. The fourth-order valence-electron chi connectivity index (χ4n) is 1.92. The van der Waals surface area contributed by atoms with Crippen molar-refractivity contribution in [1.29, 1.82) is 5.26 Å². The summed E-state index contributed by atoms with van der Waals surface area (Å²) in [5, 5.41) is 18.1. The van der Waals surface area contributed by atoms with Crippen molar-refractivity contribution in [2.75, 3.05) is 24.7 Å². The van der Waals surface area contributed by atoms with Crippen LogP contribution in [0.25, 0.3) is 0 Å². The van der Waals surface area contributed by atoms with Crippen LogP contribution in [0.4, 0.5) is 5.69 Å². The van der Waals surface area contributed by atoms with E-state index >= 15 is 0 Å². The molecule has 0 spiro atoms.